The Morgan fingerprint density at radius 2 is 1.74 bits per heavy atom. The molecule has 8 nitrogen and oxygen atoms in total. The van der Waals surface area contributed by atoms with E-state index in [1.807, 2.05) is 24.3 Å². The smallest absolute Gasteiger partial charge is 0.277 e. The first kappa shape index (κ1) is 22.6. The monoisotopic (exact) mass is 443 g/mol. The fraction of sp³-hybridized carbons (Fsp3) is 0.318. The highest BCUT2D eigenvalue weighted by Crippen LogP contribution is 2.31. The minimum atomic E-state index is -0.299. The molecule has 3 N–H and O–H groups in total. The number of anilines is 1. The number of aromatic nitrogens is 3. The van der Waals surface area contributed by atoms with Gasteiger partial charge < -0.3 is 20.5 Å². The molecule has 0 spiro atoms. The topological polar surface area (TPSA) is 104 Å². The van der Waals surface area contributed by atoms with E-state index in [1.165, 1.54) is 0 Å². The number of amides is 1. The first-order chi connectivity index (χ1) is 14.6. The second-order valence-electron chi connectivity index (χ2n) is 7.38. The van der Waals surface area contributed by atoms with Crippen molar-refractivity contribution >= 4 is 24.0 Å². The minimum Gasteiger partial charge on any atom is -0.493 e. The number of nitrogens with two attached hydrogens (primary N) is 1. The van der Waals surface area contributed by atoms with E-state index in [-0.39, 0.29) is 30.4 Å². The summed E-state index contributed by atoms with van der Waals surface area (Å²) >= 11 is 0. The molecular formula is C22H26ClN5O3. The van der Waals surface area contributed by atoms with Gasteiger partial charge in [-0.15, -0.1) is 17.5 Å². The number of ether oxygens (including phenoxy) is 2. The number of rotatable bonds is 6. The van der Waals surface area contributed by atoms with Crippen molar-refractivity contribution in [2.24, 2.45) is 5.73 Å². The zero-order valence-electron chi connectivity index (χ0n) is 17.2. The summed E-state index contributed by atoms with van der Waals surface area (Å²) in [6.45, 7) is 0. The third-order valence-electron chi connectivity index (χ3n) is 5.27. The predicted molar refractivity (Wildman–Crippen MR) is 120 cm³/mol. The molecule has 1 aliphatic carbocycles. The number of carbonyl (C=O) groups is 1. The van der Waals surface area contributed by atoms with Gasteiger partial charge in [-0.1, -0.05) is 17.3 Å². The van der Waals surface area contributed by atoms with Crippen LogP contribution in [0, 0.1) is 0 Å². The van der Waals surface area contributed by atoms with Gasteiger partial charge in [0.05, 0.1) is 19.3 Å². The molecule has 0 saturated heterocycles. The van der Waals surface area contributed by atoms with Crippen LogP contribution in [0.1, 0.15) is 42.2 Å². The number of hydrogen-bond acceptors (Lipinski definition) is 6. The molecular weight excluding hydrogens is 418 g/mol. The molecule has 1 fully saturated rings. The Hall–Kier alpha value is -3.10. The number of nitrogens with zero attached hydrogens (tertiary/aromatic N) is 3. The number of para-hydroxylation sites is 2. The lowest BCUT2D eigenvalue weighted by Gasteiger charge is -2.25. The summed E-state index contributed by atoms with van der Waals surface area (Å²) in [6, 6.07) is 15.0. The van der Waals surface area contributed by atoms with Crippen LogP contribution in [0.15, 0.2) is 54.7 Å². The number of hydrogen-bond donors (Lipinski definition) is 2. The molecule has 1 aliphatic rings. The molecule has 0 atom stereocenters. The zero-order chi connectivity index (χ0) is 20.9. The van der Waals surface area contributed by atoms with Crippen molar-refractivity contribution in [3.8, 4) is 17.2 Å². The van der Waals surface area contributed by atoms with E-state index in [0.29, 0.717) is 28.6 Å². The van der Waals surface area contributed by atoms with Gasteiger partial charge in [-0.25, -0.2) is 4.68 Å². The first-order valence-corrected chi connectivity index (χ1v) is 10.0. The summed E-state index contributed by atoms with van der Waals surface area (Å²) in [7, 11) is 1.60. The van der Waals surface area contributed by atoms with Crippen LogP contribution in [0.5, 0.6) is 17.2 Å². The summed E-state index contributed by atoms with van der Waals surface area (Å²) in [5.41, 5.74) is 6.89. The quantitative estimate of drug-likeness (QED) is 0.591. The van der Waals surface area contributed by atoms with Crippen molar-refractivity contribution in [3.63, 3.8) is 0 Å². The fourth-order valence-corrected chi connectivity index (χ4v) is 3.56. The largest absolute Gasteiger partial charge is 0.493 e. The van der Waals surface area contributed by atoms with Crippen LogP contribution in [-0.4, -0.2) is 34.1 Å². The van der Waals surface area contributed by atoms with Crippen LogP contribution in [-0.2, 0) is 0 Å². The third-order valence-corrected chi connectivity index (χ3v) is 5.27. The number of carbonyl (C=O) groups excluding carboxylic acids is 1. The summed E-state index contributed by atoms with van der Waals surface area (Å²) in [5, 5.41) is 11.0. The number of methoxy groups -OCH3 is 1. The maximum Gasteiger partial charge on any atom is 0.277 e. The van der Waals surface area contributed by atoms with Gasteiger partial charge in [0.1, 0.15) is 5.75 Å². The lowest BCUT2D eigenvalue weighted by Crippen LogP contribution is -2.28. The van der Waals surface area contributed by atoms with Gasteiger partial charge in [0.25, 0.3) is 5.91 Å². The van der Waals surface area contributed by atoms with E-state index in [2.05, 4.69) is 15.6 Å². The summed E-state index contributed by atoms with van der Waals surface area (Å²) in [6.07, 6.45) is 5.55. The average Bonchev–Trinajstić information content (AvgIpc) is 3.26. The lowest BCUT2D eigenvalue weighted by atomic mass is 9.92. The van der Waals surface area contributed by atoms with Gasteiger partial charge in [0.15, 0.2) is 17.2 Å². The van der Waals surface area contributed by atoms with E-state index in [9.17, 15) is 4.79 Å². The second kappa shape index (κ2) is 10.3. The molecule has 31 heavy (non-hydrogen) atoms. The number of halogens is 1. The lowest BCUT2D eigenvalue weighted by molar-refractivity contribution is 0.102. The van der Waals surface area contributed by atoms with Gasteiger partial charge in [0.2, 0.25) is 0 Å². The second-order valence-corrected chi connectivity index (χ2v) is 7.38. The van der Waals surface area contributed by atoms with Gasteiger partial charge in [-0.2, -0.15) is 0 Å². The highest BCUT2D eigenvalue weighted by atomic mass is 35.5. The highest BCUT2D eigenvalue weighted by Gasteiger charge is 2.22. The van der Waals surface area contributed by atoms with Crippen LogP contribution < -0.4 is 20.5 Å². The van der Waals surface area contributed by atoms with E-state index in [4.69, 9.17) is 15.2 Å². The highest BCUT2D eigenvalue weighted by molar-refractivity contribution is 6.02. The standard InChI is InChI=1S/C22H25N5O3.ClH/c1-29-20-4-2-3-5-21(20)30-18-12-8-16(9-13-18)24-22(28)19-14-27(26-25-19)17-10-6-15(23)7-11-17;/h2-5,8-9,12-15,17H,6-7,10-11,23H2,1H3,(H,24,28);1H. The van der Waals surface area contributed by atoms with Crippen molar-refractivity contribution in [2.45, 2.75) is 37.8 Å². The van der Waals surface area contributed by atoms with E-state index >= 15 is 0 Å². The molecule has 2 aromatic carbocycles. The van der Waals surface area contributed by atoms with E-state index in [1.54, 1.807) is 42.3 Å². The van der Waals surface area contributed by atoms with Crippen molar-refractivity contribution in [1.29, 1.82) is 0 Å². The Morgan fingerprint density at radius 3 is 2.42 bits per heavy atom. The Balaban J connectivity index is 0.00000272. The molecule has 1 amide bonds. The van der Waals surface area contributed by atoms with Gasteiger partial charge in [0, 0.05) is 11.7 Å². The normalized spacial score (nSPS) is 18.0. The van der Waals surface area contributed by atoms with Crippen molar-refractivity contribution in [2.75, 3.05) is 12.4 Å². The predicted octanol–water partition coefficient (Wildman–Crippen LogP) is 4.20. The van der Waals surface area contributed by atoms with E-state index in [0.717, 1.165) is 25.7 Å². The zero-order valence-corrected chi connectivity index (χ0v) is 18.0. The molecule has 0 unspecified atom stereocenters. The molecule has 1 saturated carbocycles. The molecule has 164 valence electrons. The molecule has 3 aromatic rings. The van der Waals surface area contributed by atoms with Crippen molar-refractivity contribution in [1.82, 2.24) is 15.0 Å². The molecule has 0 aliphatic heterocycles. The van der Waals surface area contributed by atoms with Gasteiger partial charge >= 0.3 is 0 Å². The van der Waals surface area contributed by atoms with Crippen LogP contribution in [0.25, 0.3) is 0 Å². The van der Waals surface area contributed by atoms with Crippen LogP contribution in [0.4, 0.5) is 5.69 Å². The SMILES string of the molecule is COc1ccccc1Oc1ccc(NC(=O)c2cn(C3CCC(N)CC3)nn2)cc1.Cl. The fourth-order valence-electron chi connectivity index (χ4n) is 3.56. The molecule has 4 rings (SSSR count). The van der Waals surface area contributed by atoms with Crippen LogP contribution in [0.2, 0.25) is 0 Å². The third kappa shape index (κ3) is 5.53. The maximum atomic E-state index is 12.5. The Bertz CT molecular complexity index is 1000. The van der Waals surface area contributed by atoms with Gasteiger partial charge in [-0.05, 0) is 62.1 Å². The van der Waals surface area contributed by atoms with E-state index < -0.39 is 0 Å². The van der Waals surface area contributed by atoms with Crippen LogP contribution in [0.3, 0.4) is 0 Å². The van der Waals surface area contributed by atoms with Gasteiger partial charge in [-0.3, -0.25) is 4.79 Å². The average molecular weight is 444 g/mol. The Kier molecular flexibility index (Phi) is 7.49. The minimum absolute atomic E-state index is 0. The Morgan fingerprint density at radius 1 is 1.06 bits per heavy atom. The number of benzene rings is 2. The van der Waals surface area contributed by atoms with Crippen molar-refractivity contribution in [3.05, 3.63) is 60.4 Å². The first-order valence-electron chi connectivity index (χ1n) is 10.0. The summed E-state index contributed by atoms with van der Waals surface area (Å²) < 4.78 is 12.9. The summed E-state index contributed by atoms with van der Waals surface area (Å²) in [5.74, 6) is 1.61. The summed E-state index contributed by atoms with van der Waals surface area (Å²) in [4.78, 5) is 12.5. The maximum absolute atomic E-state index is 12.5. The molecule has 0 radical (unpaired) electrons. The Labute approximate surface area is 187 Å². The van der Waals surface area contributed by atoms with Crippen molar-refractivity contribution < 1.29 is 14.3 Å². The molecule has 1 heterocycles. The molecule has 0 bridgehead atoms. The molecule has 9 heteroatoms. The molecule has 1 aromatic heterocycles. The van der Waals surface area contributed by atoms with Crippen LogP contribution >= 0.6 is 12.4 Å². The number of nitrogens with one attached hydrogen (secondary N) is 1.